The average molecular weight is 553 g/mol. The predicted octanol–water partition coefficient (Wildman–Crippen LogP) is 3.32. The van der Waals surface area contributed by atoms with Gasteiger partial charge in [0.25, 0.3) is 5.91 Å². The summed E-state index contributed by atoms with van der Waals surface area (Å²) < 4.78 is 0. The van der Waals surface area contributed by atoms with Crippen molar-refractivity contribution in [3.63, 3.8) is 0 Å². The van der Waals surface area contributed by atoms with Crippen molar-refractivity contribution in [2.75, 3.05) is 13.1 Å². The van der Waals surface area contributed by atoms with Crippen LogP contribution in [0.1, 0.15) is 54.1 Å². The van der Waals surface area contributed by atoms with Gasteiger partial charge in [0, 0.05) is 24.7 Å². The van der Waals surface area contributed by atoms with Gasteiger partial charge >= 0.3 is 0 Å². The highest BCUT2D eigenvalue weighted by Crippen LogP contribution is 2.33. The highest BCUT2D eigenvalue weighted by Gasteiger charge is 2.38. The molecule has 1 aliphatic rings. The number of aliphatic hydroxyl groups excluding tert-OH is 1. The summed E-state index contributed by atoms with van der Waals surface area (Å²) in [6, 6.07) is 21.5. The molecule has 2 unspecified atom stereocenters. The Morgan fingerprint density at radius 2 is 1.62 bits per heavy atom. The SMILES string of the molecule is Cl.NCC(O)CN(C(=O)[C@@H]1CCCC[C@H]1NC(=O)c1ccccc1)C(CC(N)=O)c1ccc2ccccc2c1. The molecule has 3 aromatic carbocycles. The summed E-state index contributed by atoms with van der Waals surface area (Å²) in [6.45, 7) is -0.0837. The number of fused-ring (bicyclic) bond motifs is 1. The van der Waals surface area contributed by atoms with Crippen LogP contribution in [-0.4, -0.2) is 53.0 Å². The van der Waals surface area contributed by atoms with E-state index in [9.17, 15) is 19.5 Å². The Morgan fingerprint density at radius 3 is 2.31 bits per heavy atom. The fraction of sp³-hybridized carbons (Fsp3) is 0.367. The lowest BCUT2D eigenvalue weighted by Crippen LogP contribution is -2.52. The third kappa shape index (κ3) is 7.56. The third-order valence-corrected chi connectivity index (χ3v) is 7.33. The average Bonchev–Trinajstić information content (AvgIpc) is 2.94. The van der Waals surface area contributed by atoms with Gasteiger partial charge < -0.3 is 26.8 Å². The van der Waals surface area contributed by atoms with Crippen molar-refractivity contribution in [1.29, 1.82) is 0 Å². The van der Waals surface area contributed by atoms with Crippen molar-refractivity contribution in [3.8, 4) is 0 Å². The maximum Gasteiger partial charge on any atom is 0.251 e. The Bertz CT molecular complexity index is 1270. The maximum atomic E-state index is 14.2. The van der Waals surface area contributed by atoms with Crippen LogP contribution in [0, 0.1) is 5.92 Å². The van der Waals surface area contributed by atoms with E-state index in [-0.39, 0.29) is 49.8 Å². The molecule has 4 atom stereocenters. The van der Waals surface area contributed by atoms with E-state index in [0.29, 0.717) is 18.4 Å². The van der Waals surface area contributed by atoms with Gasteiger partial charge in [0.05, 0.1) is 24.5 Å². The molecule has 39 heavy (non-hydrogen) atoms. The van der Waals surface area contributed by atoms with Crippen LogP contribution in [0.5, 0.6) is 0 Å². The molecule has 0 bridgehead atoms. The van der Waals surface area contributed by atoms with Crippen molar-refractivity contribution in [2.24, 2.45) is 17.4 Å². The Labute approximate surface area is 235 Å². The Hall–Kier alpha value is -3.46. The normalized spacial score (nSPS) is 18.4. The van der Waals surface area contributed by atoms with Crippen LogP contribution in [0.25, 0.3) is 10.8 Å². The van der Waals surface area contributed by atoms with Gasteiger partial charge in [-0.05, 0) is 47.4 Å². The molecule has 0 aromatic heterocycles. The first-order chi connectivity index (χ1) is 18.4. The Balaban J connectivity index is 0.00000420. The number of carbonyl (C=O) groups excluding carboxylic acids is 3. The molecule has 1 aliphatic carbocycles. The molecule has 0 radical (unpaired) electrons. The molecular weight excluding hydrogens is 516 g/mol. The number of aliphatic hydroxyl groups is 1. The largest absolute Gasteiger partial charge is 0.390 e. The Kier molecular flexibility index (Phi) is 10.9. The molecule has 0 aliphatic heterocycles. The van der Waals surface area contributed by atoms with E-state index in [1.165, 1.54) is 0 Å². The smallest absolute Gasteiger partial charge is 0.251 e. The third-order valence-electron chi connectivity index (χ3n) is 7.33. The summed E-state index contributed by atoms with van der Waals surface area (Å²) in [7, 11) is 0. The Morgan fingerprint density at radius 1 is 0.949 bits per heavy atom. The van der Waals surface area contributed by atoms with E-state index in [0.717, 1.165) is 29.2 Å². The number of hydrogen-bond donors (Lipinski definition) is 4. The quantitative estimate of drug-likeness (QED) is 0.305. The van der Waals surface area contributed by atoms with Crippen LogP contribution < -0.4 is 16.8 Å². The zero-order valence-electron chi connectivity index (χ0n) is 21.9. The van der Waals surface area contributed by atoms with Crippen LogP contribution in [0.3, 0.4) is 0 Å². The second kappa shape index (κ2) is 14.1. The molecule has 6 N–H and O–H groups in total. The molecule has 0 heterocycles. The van der Waals surface area contributed by atoms with Gasteiger partial charge in [0.15, 0.2) is 0 Å². The fourth-order valence-electron chi connectivity index (χ4n) is 5.34. The summed E-state index contributed by atoms with van der Waals surface area (Å²) in [5.74, 6) is -1.51. The zero-order valence-corrected chi connectivity index (χ0v) is 22.7. The fourth-order valence-corrected chi connectivity index (χ4v) is 5.34. The second-order valence-corrected chi connectivity index (χ2v) is 10.0. The lowest BCUT2D eigenvalue weighted by atomic mass is 9.82. The van der Waals surface area contributed by atoms with E-state index in [1.807, 2.05) is 48.5 Å². The molecule has 8 nitrogen and oxygen atoms in total. The summed E-state index contributed by atoms with van der Waals surface area (Å²) >= 11 is 0. The summed E-state index contributed by atoms with van der Waals surface area (Å²) in [5.41, 5.74) is 12.7. The van der Waals surface area contributed by atoms with Gasteiger partial charge in [-0.3, -0.25) is 14.4 Å². The summed E-state index contributed by atoms with van der Waals surface area (Å²) in [4.78, 5) is 40.9. The lowest BCUT2D eigenvalue weighted by Gasteiger charge is -2.39. The van der Waals surface area contributed by atoms with Crippen molar-refractivity contribution >= 4 is 40.9 Å². The number of nitrogens with two attached hydrogens (primary N) is 2. The molecule has 9 heteroatoms. The van der Waals surface area contributed by atoms with E-state index >= 15 is 0 Å². The van der Waals surface area contributed by atoms with Crippen molar-refractivity contribution in [3.05, 3.63) is 83.9 Å². The molecule has 208 valence electrons. The van der Waals surface area contributed by atoms with Gasteiger partial charge in [-0.25, -0.2) is 0 Å². The summed E-state index contributed by atoms with van der Waals surface area (Å²) in [6.07, 6.45) is 1.92. The number of nitrogens with zero attached hydrogens (tertiary/aromatic N) is 1. The van der Waals surface area contributed by atoms with Crippen LogP contribution in [0.4, 0.5) is 0 Å². The lowest BCUT2D eigenvalue weighted by molar-refractivity contribution is -0.142. The van der Waals surface area contributed by atoms with Crippen molar-refractivity contribution < 1.29 is 19.5 Å². The number of benzene rings is 3. The zero-order chi connectivity index (χ0) is 27.1. The molecular formula is C30H37ClN4O4. The van der Waals surface area contributed by atoms with Crippen LogP contribution in [0.15, 0.2) is 72.8 Å². The number of rotatable bonds is 10. The predicted molar refractivity (Wildman–Crippen MR) is 154 cm³/mol. The van der Waals surface area contributed by atoms with Gasteiger partial charge in [-0.15, -0.1) is 12.4 Å². The highest BCUT2D eigenvalue weighted by atomic mass is 35.5. The number of amides is 3. The molecule has 1 saturated carbocycles. The topological polar surface area (TPSA) is 139 Å². The minimum absolute atomic E-state index is 0. The second-order valence-electron chi connectivity index (χ2n) is 10.0. The van der Waals surface area contributed by atoms with E-state index in [4.69, 9.17) is 11.5 Å². The van der Waals surface area contributed by atoms with E-state index < -0.39 is 24.0 Å². The van der Waals surface area contributed by atoms with E-state index in [1.54, 1.807) is 29.2 Å². The van der Waals surface area contributed by atoms with Gasteiger partial charge in [-0.1, -0.05) is 67.4 Å². The maximum absolute atomic E-state index is 14.2. The number of carbonyl (C=O) groups is 3. The minimum Gasteiger partial charge on any atom is -0.390 e. The summed E-state index contributed by atoms with van der Waals surface area (Å²) in [5, 5.41) is 15.6. The highest BCUT2D eigenvalue weighted by molar-refractivity contribution is 5.95. The number of nitrogens with one attached hydrogen (secondary N) is 1. The number of halogens is 1. The van der Waals surface area contributed by atoms with Gasteiger partial charge in [-0.2, -0.15) is 0 Å². The molecule has 1 fully saturated rings. The molecule has 3 aromatic rings. The molecule has 3 amide bonds. The molecule has 4 rings (SSSR count). The number of primary amides is 1. The van der Waals surface area contributed by atoms with Crippen molar-refractivity contribution in [1.82, 2.24) is 10.2 Å². The number of hydrogen-bond acceptors (Lipinski definition) is 5. The van der Waals surface area contributed by atoms with Crippen LogP contribution >= 0.6 is 12.4 Å². The molecule has 0 spiro atoms. The first-order valence-electron chi connectivity index (χ1n) is 13.2. The molecule has 0 saturated heterocycles. The first-order valence-corrected chi connectivity index (χ1v) is 13.2. The monoisotopic (exact) mass is 552 g/mol. The van der Waals surface area contributed by atoms with Gasteiger partial charge in [0.2, 0.25) is 11.8 Å². The van der Waals surface area contributed by atoms with Crippen LogP contribution in [-0.2, 0) is 9.59 Å². The van der Waals surface area contributed by atoms with Crippen molar-refractivity contribution in [2.45, 2.75) is 50.3 Å². The van der Waals surface area contributed by atoms with Crippen LogP contribution in [0.2, 0.25) is 0 Å². The van der Waals surface area contributed by atoms with E-state index in [2.05, 4.69) is 5.32 Å². The standard InChI is InChI=1S/C30H36N4O4.ClH/c31-18-24(35)19-34(27(17-28(32)36)23-15-14-20-8-4-5-11-22(20)16-23)30(38)25-12-6-7-13-26(25)33-29(37)21-9-2-1-3-10-21;/h1-5,8-11,14-16,24-27,35H,6-7,12-13,17-19,31H2,(H2,32,36)(H,33,37);1H/t24?,25-,26-,27?;/m1./s1. The van der Waals surface area contributed by atoms with Gasteiger partial charge in [0.1, 0.15) is 0 Å². The first kappa shape index (κ1) is 30.1. The minimum atomic E-state index is -0.976.